The average molecular weight is 483 g/mol. The second-order valence-electron chi connectivity index (χ2n) is 7.92. The van der Waals surface area contributed by atoms with Gasteiger partial charge in [-0.2, -0.15) is 0 Å². The highest BCUT2D eigenvalue weighted by Crippen LogP contribution is 2.25. The van der Waals surface area contributed by atoms with Crippen molar-refractivity contribution in [2.75, 3.05) is 0 Å². The first kappa shape index (κ1) is 24.5. The van der Waals surface area contributed by atoms with Crippen LogP contribution in [0, 0.1) is 0 Å². The van der Waals surface area contributed by atoms with Crippen molar-refractivity contribution in [3.8, 4) is 11.5 Å². The van der Waals surface area contributed by atoms with E-state index in [1.807, 2.05) is 60.7 Å². The van der Waals surface area contributed by atoms with E-state index >= 15 is 0 Å². The molecule has 6 nitrogen and oxygen atoms in total. The zero-order chi connectivity index (χ0) is 25.2. The number of carbonyl (C=O) groups is 2. The van der Waals surface area contributed by atoms with Gasteiger partial charge >= 0.3 is 11.9 Å². The van der Waals surface area contributed by atoms with E-state index in [0.717, 1.165) is 11.1 Å². The van der Waals surface area contributed by atoms with E-state index in [0.29, 0.717) is 11.5 Å². The van der Waals surface area contributed by atoms with Gasteiger partial charge < -0.3 is 18.9 Å². The van der Waals surface area contributed by atoms with Crippen LogP contribution in [0.5, 0.6) is 11.5 Å². The number of hydrogen-bond acceptors (Lipinski definition) is 6. The van der Waals surface area contributed by atoms with Gasteiger partial charge in [-0.05, 0) is 35.4 Å². The molecule has 0 aliphatic carbocycles. The fraction of sp³-hybridized carbons (Fsp3) is 0.133. The molecule has 182 valence electrons. The fourth-order valence-corrected chi connectivity index (χ4v) is 3.46. The van der Waals surface area contributed by atoms with E-state index in [-0.39, 0.29) is 24.3 Å². The molecule has 0 aromatic heterocycles. The van der Waals surface area contributed by atoms with Gasteiger partial charge in [0.15, 0.2) is 0 Å². The Morgan fingerprint density at radius 2 is 0.917 bits per heavy atom. The Morgan fingerprint density at radius 1 is 0.556 bits per heavy atom. The van der Waals surface area contributed by atoms with E-state index in [4.69, 9.17) is 18.9 Å². The molecule has 0 unspecified atom stereocenters. The highest BCUT2D eigenvalue weighted by atomic mass is 16.7. The molecule has 0 saturated carbocycles. The Hall–Kier alpha value is -4.58. The van der Waals surface area contributed by atoms with Crippen molar-refractivity contribution in [1.29, 1.82) is 0 Å². The van der Waals surface area contributed by atoms with Crippen LogP contribution in [0.2, 0.25) is 0 Å². The molecular formula is C30H26O6. The second-order valence-corrected chi connectivity index (χ2v) is 7.92. The van der Waals surface area contributed by atoms with E-state index in [2.05, 4.69) is 0 Å². The first-order valence-corrected chi connectivity index (χ1v) is 11.5. The number of rotatable bonds is 10. The van der Waals surface area contributed by atoms with Gasteiger partial charge in [0, 0.05) is 6.92 Å². The van der Waals surface area contributed by atoms with Crippen LogP contribution in [0.3, 0.4) is 0 Å². The summed E-state index contributed by atoms with van der Waals surface area (Å²) in [6.45, 7) is 1.98. The van der Waals surface area contributed by atoms with Crippen LogP contribution in [-0.4, -0.2) is 18.2 Å². The Labute approximate surface area is 210 Å². The summed E-state index contributed by atoms with van der Waals surface area (Å²) in [6.07, 6.45) is -0.809. The molecule has 0 aliphatic heterocycles. The van der Waals surface area contributed by atoms with Crippen LogP contribution in [0.15, 0.2) is 109 Å². The Kier molecular flexibility index (Phi) is 8.33. The molecule has 4 aromatic rings. The van der Waals surface area contributed by atoms with Gasteiger partial charge in [-0.25, -0.2) is 9.59 Å². The van der Waals surface area contributed by atoms with Crippen LogP contribution in [0.4, 0.5) is 0 Å². The van der Waals surface area contributed by atoms with Crippen LogP contribution in [0.1, 0.15) is 38.8 Å². The lowest BCUT2D eigenvalue weighted by Gasteiger charge is -2.19. The second kappa shape index (κ2) is 12.2. The molecule has 0 N–H and O–H groups in total. The van der Waals surface area contributed by atoms with Crippen molar-refractivity contribution in [2.24, 2.45) is 0 Å². The first-order chi connectivity index (χ1) is 17.6. The number of esters is 2. The summed E-state index contributed by atoms with van der Waals surface area (Å²) in [7, 11) is 0. The maximum Gasteiger partial charge on any atom is 0.342 e. The van der Waals surface area contributed by atoms with E-state index < -0.39 is 18.2 Å². The van der Waals surface area contributed by atoms with Gasteiger partial charge in [0.2, 0.25) is 6.29 Å². The van der Waals surface area contributed by atoms with Crippen molar-refractivity contribution in [1.82, 2.24) is 0 Å². The molecule has 0 heterocycles. The molecule has 4 rings (SSSR count). The third-order valence-corrected chi connectivity index (χ3v) is 5.23. The molecular weight excluding hydrogens is 456 g/mol. The molecule has 0 saturated heterocycles. The lowest BCUT2D eigenvalue weighted by Crippen LogP contribution is -2.22. The van der Waals surface area contributed by atoms with Crippen molar-refractivity contribution >= 4 is 11.9 Å². The van der Waals surface area contributed by atoms with Crippen molar-refractivity contribution in [3.05, 3.63) is 131 Å². The molecule has 0 bridgehead atoms. The van der Waals surface area contributed by atoms with Crippen molar-refractivity contribution < 1.29 is 28.5 Å². The van der Waals surface area contributed by atoms with Gasteiger partial charge in [0.1, 0.15) is 35.8 Å². The Balaban J connectivity index is 1.39. The number of para-hydroxylation sites is 2. The monoisotopic (exact) mass is 482 g/mol. The lowest BCUT2D eigenvalue weighted by atomic mass is 10.2. The number of hydrogen-bond donors (Lipinski definition) is 0. The van der Waals surface area contributed by atoms with E-state index in [1.165, 1.54) is 0 Å². The molecule has 0 radical (unpaired) electrons. The highest BCUT2D eigenvalue weighted by molar-refractivity contribution is 5.93. The predicted molar refractivity (Wildman–Crippen MR) is 135 cm³/mol. The smallest absolute Gasteiger partial charge is 0.342 e. The number of benzene rings is 4. The normalized spacial score (nSPS) is 10.5. The zero-order valence-electron chi connectivity index (χ0n) is 19.8. The minimum atomic E-state index is -0.809. The molecule has 0 aliphatic rings. The summed E-state index contributed by atoms with van der Waals surface area (Å²) >= 11 is 0. The molecule has 4 aromatic carbocycles. The van der Waals surface area contributed by atoms with Gasteiger partial charge in [-0.1, -0.05) is 84.9 Å². The molecule has 0 fully saturated rings. The van der Waals surface area contributed by atoms with Gasteiger partial charge in [0.25, 0.3) is 0 Å². The predicted octanol–water partition coefficient (Wildman–Crippen LogP) is 6.20. The third-order valence-electron chi connectivity index (χ3n) is 5.23. The number of ether oxygens (including phenoxy) is 4. The molecule has 36 heavy (non-hydrogen) atoms. The summed E-state index contributed by atoms with van der Waals surface area (Å²) < 4.78 is 22.7. The van der Waals surface area contributed by atoms with Crippen LogP contribution >= 0.6 is 0 Å². The SMILES string of the molecule is CC(Oc1ccccc1C(=O)OCc1ccccc1)Oc1ccccc1C(=O)OCc1ccccc1. The van der Waals surface area contributed by atoms with Crippen LogP contribution < -0.4 is 9.47 Å². The standard InChI is InChI=1S/C30H26O6/c1-22(35-27-18-10-8-16-25(27)29(31)33-20-23-12-4-2-5-13-23)36-28-19-11-9-17-26(28)30(32)34-21-24-14-6-3-7-15-24/h2-19,22H,20-21H2,1H3. The van der Waals surface area contributed by atoms with Gasteiger partial charge in [-0.15, -0.1) is 0 Å². The summed E-state index contributed by atoms with van der Waals surface area (Å²) in [4.78, 5) is 25.4. The maximum atomic E-state index is 12.7. The van der Waals surface area contributed by atoms with Crippen molar-refractivity contribution in [3.63, 3.8) is 0 Å². The van der Waals surface area contributed by atoms with Crippen LogP contribution in [0.25, 0.3) is 0 Å². The first-order valence-electron chi connectivity index (χ1n) is 11.5. The average Bonchev–Trinajstić information content (AvgIpc) is 2.92. The largest absolute Gasteiger partial charge is 0.457 e. The van der Waals surface area contributed by atoms with Crippen LogP contribution in [-0.2, 0) is 22.7 Å². The zero-order valence-corrected chi connectivity index (χ0v) is 19.8. The highest BCUT2D eigenvalue weighted by Gasteiger charge is 2.19. The summed E-state index contributed by atoms with van der Waals surface area (Å²) in [5, 5.41) is 0. The van der Waals surface area contributed by atoms with E-state index in [1.54, 1.807) is 55.5 Å². The van der Waals surface area contributed by atoms with Gasteiger partial charge in [0.05, 0.1) is 0 Å². The third kappa shape index (κ3) is 6.73. The minimum absolute atomic E-state index is 0.151. The Bertz CT molecular complexity index is 1190. The minimum Gasteiger partial charge on any atom is -0.457 e. The maximum absolute atomic E-state index is 12.7. The lowest BCUT2D eigenvalue weighted by molar-refractivity contribution is 0.0175. The summed E-state index contributed by atoms with van der Waals surface area (Å²) in [5.74, 6) is -0.391. The van der Waals surface area contributed by atoms with E-state index in [9.17, 15) is 9.59 Å². The fourth-order valence-electron chi connectivity index (χ4n) is 3.46. The molecule has 0 atom stereocenters. The van der Waals surface area contributed by atoms with Crippen molar-refractivity contribution in [2.45, 2.75) is 26.4 Å². The topological polar surface area (TPSA) is 71.1 Å². The summed E-state index contributed by atoms with van der Waals surface area (Å²) in [5.41, 5.74) is 2.33. The number of carbonyl (C=O) groups excluding carboxylic acids is 2. The molecule has 6 heteroatoms. The molecule has 0 spiro atoms. The quantitative estimate of drug-likeness (QED) is 0.198. The molecule has 0 amide bonds. The Morgan fingerprint density at radius 3 is 1.33 bits per heavy atom. The summed E-state index contributed by atoms with van der Waals surface area (Å²) in [6, 6.07) is 32.4. The van der Waals surface area contributed by atoms with Gasteiger partial charge in [-0.3, -0.25) is 0 Å².